The Balaban J connectivity index is 1.37. The maximum Gasteiger partial charge on any atom is 0.250 e. The Bertz CT molecular complexity index is 1030. The third-order valence-corrected chi connectivity index (χ3v) is 5.35. The quantitative estimate of drug-likeness (QED) is 0.497. The number of nitrogens with one attached hydrogen (secondary N) is 1. The van der Waals surface area contributed by atoms with E-state index in [1.54, 1.807) is 6.21 Å². The van der Waals surface area contributed by atoms with Gasteiger partial charge in [0.2, 0.25) is 17.8 Å². The zero-order valence-corrected chi connectivity index (χ0v) is 17.3. The average molecular weight is 419 g/mol. The topological polar surface area (TPSA) is 88.0 Å². The predicted octanol–water partition coefficient (Wildman–Crippen LogP) is 2.14. The van der Waals surface area contributed by atoms with Crippen molar-refractivity contribution in [2.75, 3.05) is 67.8 Å². The van der Waals surface area contributed by atoms with Crippen LogP contribution in [0.1, 0.15) is 5.56 Å². The summed E-state index contributed by atoms with van der Waals surface area (Å²) in [6.45, 7) is 5.70. The molecule has 0 saturated carbocycles. The number of fused-ring (bicyclic) bond motifs is 1. The second-order valence-electron chi connectivity index (χ2n) is 7.43. The number of hydrogen-bond acceptors (Lipinski definition) is 9. The molecule has 1 aromatic heterocycles. The molecule has 0 atom stereocenters. The molecule has 9 heteroatoms. The number of hydrazone groups is 1. The minimum atomic E-state index is 0.426. The molecule has 0 spiro atoms. The minimum absolute atomic E-state index is 0.426. The largest absolute Gasteiger partial charge is 0.378 e. The Labute approximate surface area is 180 Å². The molecule has 2 aliphatic heterocycles. The summed E-state index contributed by atoms with van der Waals surface area (Å²) in [6.07, 6.45) is 1.78. The van der Waals surface area contributed by atoms with Gasteiger partial charge in [-0.2, -0.15) is 20.1 Å². The lowest BCUT2D eigenvalue weighted by Gasteiger charge is -2.30. The van der Waals surface area contributed by atoms with Crippen molar-refractivity contribution in [2.24, 2.45) is 5.10 Å². The van der Waals surface area contributed by atoms with Gasteiger partial charge in [0.15, 0.2) is 0 Å². The normalized spacial score (nSPS) is 17.4. The predicted molar refractivity (Wildman–Crippen MR) is 121 cm³/mol. The Morgan fingerprint density at radius 1 is 0.774 bits per heavy atom. The fourth-order valence-electron chi connectivity index (χ4n) is 3.67. The van der Waals surface area contributed by atoms with Gasteiger partial charge in [0.1, 0.15) is 0 Å². The molecular weight excluding hydrogens is 394 g/mol. The highest BCUT2D eigenvalue weighted by atomic mass is 16.5. The molecule has 2 aromatic carbocycles. The first-order chi connectivity index (χ1) is 15.3. The number of hydrogen-bond donors (Lipinski definition) is 1. The third kappa shape index (κ3) is 4.73. The summed E-state index contributed by atoms with van der Waals surface area (Å²) in [6, 6.07) is 14.5. The third-order valence-electron chi connectivity index (χ3n) is 5.35. The van der Waals surface area contributed by atoms with E-state index in [1.165, 1.54) is 10.8 Å². The van der Waals surface area contributed by atoms with Crippen LogP contribution in [0.2, 0.25) is 0 Å². The molecule has 160 valence electrons. The number of anilines is 3. The standard InChI is InChI=1S/C22H25N7O2/c1-2-4-19-15-17(5-6-18(19)3-1)16-23-27-20-24-21(28-7-11-30-12-8-28)26-22(25-20)29-9-13-31-14-10-29/h1-6,15-16H,7-14H2,(H,24,25,26,27)/b23-16+. The van der Waals surface area contributed by atoms with Gasteiger partial charge in [0.05, 0.1) is 32.6 Å². The molecule has 3 aromatic rings. The molecule has 0 bridgehead atoms. The van der Waals surface area contributed by atoms with Crippen LogP contribution in [0.3, 0.4) is 0 Å². The number of nitrogens with zero attached hydrogens (tertiary/aromatic N) is 6. The lowest BCUT2D eigenvalue weighted by atomic mass is 10.1. The van der Waals surface area contributed by atoms with Crippen molar-refractivity contribution in [3.05, 3.63) is 48.0 Å². The van der Waals surface area contributed by atoms with Crippen molar-refractivity contribution in [1.29, 1.82) is 0 Å². The lowest BCUT2D eigenvalue weighted by molar-refractivity contribution is 0.121. The highest BCUT2D eigenvalue weighted by Gasteiger charge is 2.20. The Kier molecular flexibility index (Phi) is 5.85. The molecule has 5 rings (SSSR count). The highest BCUT2D eigenvalue weighted by Crippen LogP contribution is 2.19. The van der Waals surface area contributed by atoms with E-state index in [9.17, 15) is 0 Å². The molecule has 31 heavy (non-hydrogen) atoms. The van der Waals surface area contributed by atoms with Crippen molar-refractivity contribution in [1.82, 2.24) is 15.0 Å². The molecule has 1 N–H and O–H groups in total. The van der Waals surface area contributed by atoms with Crippen LogP contribution in [0.25, 0.3) is 10.8 Å². The van der Waals surface area contributed by atoms with Crippen molar-refractivity contribution in [2.45, 2.75) is 0 Å². The fraction of sp³-hybridized carbons (Fsp3) is 0.364. The van der Waals surface area contributed by atoms with E-state index >= 15 is 0 Å². The van der Waals surface area contributed by atoms with Gasteiger partial charge in [-0.05, 0) is 22.4 Å². The maximum atomic E-state index is 5.46. The fourth-order valence-corrected chi connectivity index (χ4v) is 3.67. The van der Waals surface area contributed by atoms with E-state index in [2.05, 4.69) is 54.6 Å². The number of aromatic nitrogens is 3. The van der Waals surface area contributed by atoms with E-state index in [0.29, 0.717) is 44.3 Å². The zero-order chi connectivity index (χ0) is 20.9. The van der Waals surface area contributed by atoms with Crippen LogP contribution in [-0.4, -0.2) is 73.8 Å². The van der Waals surface area contributed by atoms with E-state index in [-0.39, 0.29) is 0 Å². The van der Waals surface area contributed by atoms with Crippen LogP contribution in [0, 0.1) is 0 Å². The summed E-state index contributed by atoms with van der Waals surface area (Å²) >= 11 is 0. The summed E-state index contributed by atoms with van der Waals surface area (Å²) in [5.41, 5.74) is 3.99. The molecule has 9 nitrogen and oxygen atoms in total. The number of morpholine rings is 2. The highest BCUT2D eigenvalue weighted by molar-refractivity contribution is 5.90. The van der Waals surface area contributed by atoms with Gasteiger partial charge < -0.3 is 19.3 Å². The monoisotopic (exact) mass is 419 g/mol. The van der Waals surface area contributed by atoms with Crippen LogP contribution in [0.4, 0.5) is 17.8 Å². The van der Waals surface area contributed by atoms with Crippen LogP contribution < -0.4 is 15.2 Å². The number of ether oxygens (including phenoxy) is 2. The zero-order valence-electron chi connectivity index (χ0n) is 17.3. The van der Waals surface area contributed by atoms with Gasteiger partial charge in [-0.25, -0.2) is 5.43 Å². The van der Waals surface area contributed by atoms with Crippen LogP contribution >= 0.6 is 0 Å². The SMILES string of the molecule is C(=N\Nc1nc(N2CCOCC2)nc(N2CCOCC2)n1)/c1ccc2ccccc2c1. The first-order valence-electron chi connectivity index (χ1n) is 10.5. The number of rotatable bonds is 5. The van der Waals surface area contributed by atoms with Gasteiger partial charge in [-0.3, -0.25) is 0 Å². The molecule has 3 heterocycles. The van der Waals surface area contributed by atoms with E-state index < -0.39 is 0 Å². The maximum absolute atomic E-state index is 5.46. The van der Waals surface area contributed by atoms with Crippen molar-refractivity contribution < 1.29 is 9.47 Å². The van der Waals surface area contributed by atoms with Gasteiger partial charge in [0, 0.05) is 26.2 Å². The van der Waals surface area contributed by atoms with Gasteiger partial charge in [0.25, 0.3) is 0 Å². The Hall–Kier alpha value is -3.30. The Morgan fingerprint density at radius 2 is 1.39 bits per heavy atom. The van der Waals surface area contributed by atoms with Crippen molar-refractivity contribution >= 4 is 34.8 Å². The summed E-state index contributed by atoms with van der Waals surface area (Å²) < 4.78 is 10.9. The van der Waals surface area contributed by atoms with E-state index in [0.717, 1.165) is 31.7 Å². The van der Waals surface area contributed by atoms with E-state index in [1.807, 2.05) is 18.2 Å². The Morgan fingerprint density at radius 3 is 2.03 bits per heavy atom. The first kappa shape index (κ1) is 19.7. The second-order valence-corrected chi connectivity index (χ2v) is 7.43. The van der Waals surface area contributed by atoms with Gasteiger partial charge in [-0.1, -0.05) is 36.4 Å². The summed E-state index contributed by atoms with van der Waals surface area (Å²) in [7, 11) is 0. The van der Waals surface area contributed by atoms with Crippen molar-refractivity contribution in [3.8, 4) is 0 Å². The molecule has 2 aliphatic rings. The number of benzene rings is 2. The van der Waals surface area contributed by atoms with Crippen molar-refractivity contribution in [3.63, 3.8) is 0 Å². The lowest BCUT2D eigenvalue weighted by Crippen LogP contribution is -2.40. The summed E-state index contributed by atoms with van der Waals surface area (Å²) in [4.78, 5) is 18.1. The molecule has 0 unspecified atom stereocenters. The van der Waals surface area contributed by atoms with E-state index in [4.69, 9.17) is 14.5 Å². The van der Waals surface area contributed by atoms with Crippen LogP contribution in [0.5, 0.6) is 0 Å². The van der Waals surface area contributed by atoms with Gasteiger partial charge in [-0.15, -0.1) is 0 Å². The molecule has 2 fully saturated rings. The molecule has 0 radical (unpaired) electrons. The van der Waals surface area contributed by atoms with Crippen LogP contribution in [-0.2, 0) is 9.47 Å². The smallest absolute Gasteiger partial charge is 0.250 e. The minimum Gasteiger partial charge on any atom is -0.378 e. The van der Waals surface area contributed by atoms with Crippen LogP contribution in [0.15, 0.2) is 47.6 Å². The molecule has 2 saturated heterocycles. The molecular formula is C22H25N7O2. The second kappa shape index (κ2) is 9.23. The average Bonchev–Trinajstić information content (AvgIpc) is 2.85. The molecule has 0 aliphatic carbocycles. The summed E-state index contributed by atoms with van der Waals surface area (Å²) in [5, 5.41) is 6.76. The molecule has 0 amide bonds. The first-order valence-corrected chi connectivity index (χ1v) is 10.5. The summed E-state index contributed by atoms with van der Waals surface area (Å²) in [5.74, 6) is 1.71. The van der Waals surface area contributed by atoms with Gasteiger partial charge >= 0.3 is 0 Å².